The number of fused-ring (bicyclic) bond motifs is 1. The molecule has 5 rings (SSSR count). The molecule has 29 heavy (non-hydrogen) atoms. The van der Waals surface area contributed by atoms with Gasteiger partial charge in [0.25, 0.3) is 0 Å². The zero-order chi connectivity index (χ0) is 19.6. The molecule has 6 nitrogen and oxygen atoms in total. The molecule has 1 aliphatic heterocycles. The van der Waals surface area contributed by atoms with Crippen molar-refractivity contribution in [2.45, 2.75) is 11.8 Å². The van der Waals surface area contributed by atoms with Gasteiger partial charge in [0, 0.05) is 36.6 Å². The number of piperazine rings is 1. The van der Waals surface area contributed by atoms with Crippen molar-refractivity contribution in [3.8, 4) is 11.4 Å². The van der Waals surface area contributed by atoms with Crippen LogP contribution in [0.5, 0.6) is 0 Å². The average molecular weight is 403 g/mol. The van der Waals surface area contributed by atoms with E-state index in [0.717, 1.165) is 49.0 Å². The lowest BCUT2D eigenvalue weighted by Crippen LogP contribution is -2.43. The predicted molar refractivity (Wildman–Crippen MR) is 117 cm³/mol. The number of aryl methyl sites for hydroxylation is 1. The number of aromatic nitrogens is 4. The van der Waals surface area contributed by atoms with E-state index in [1.165, 1.54) is 10.5 Å². The summed E-state index contributed by atoms with van der Waals surface area (Å²) in [5.41, 5.74) is 3.08. The molecule has 0 spiro atoms. The standard InChI is InChI=1S/C22H22N6S/c1-17-7-9-19(10-8-17)29-27-15-13-26(14-16-27)21-12-11-20-23-24-22(28(20)25-21)18-5-3-2-4-6-18/h2-12H,13-16H2,1H3. The summed E-state index contributed by atoms with van der Waals surface area (Å²) in [6, 6.07) is 22.8. The number of anilines is 1. The van der Waals surface area contributed by atoms with Gasteiger partial charge in [-0.25, -0.2) is 4.31 Å². The molecule has 0 bridgehead atoms. The van der Waals surface area contributed by atoms with Crippen LogP contribution in [0.25, 0.3) is 17.0 Å². The molecule has 1 fully saturated rings. The maximum atomic E-state index is 4.85. The van der Waals surface area contributed by atoms with E-state index in [-0.39, 0.29) is 0 Å². The molecule has 0 aliphatic carbocycles. The third-order valence-electron chi connectivity index (χ3n) is 5.10. The summed E-state index contributed by atoms with van der Waals surface area (Å²) in [5, 5.41) is 13.5. The zero-order valence-electron chi connectivity index (χ0n) is 16.3. The van der Waals surface area contributed by atoms with Gasteiger partial charge in [-0.15, -0.1) is 15.3 Å². The Hall–Kier alpha value is -2.90. The van der Waals surface area contributed by atoms with Crippen LogP contribution in [0, 0.1) is 6.92 Å². The SMILES string of the molecule is Cc1ccc(SN2CCN(c3ccc4nnc(-c5ccccc5)n4n3)CC2)cc1. The van der Waals surface area contributed by atoms with Crippen LogP contribution in [0.1, 0.15) is 5.56 Å². The molecular formula is C22H22N6S. The molecule has 146 valence electrons. The molecule has 0 amide bonds. The van der Waals surface area contributed by atoms with E-state index in [4.69, 9.17) is 5.10 Å². The van der Waals surface area contributed by atoms with Gasteiger partial charge in [0.2, 0.25) is 0 Å². The second-order valence-electron chi connectivity index (χ2n) is 7.17. The van der Waals surface area contributed by atoms with Crippen LogP contribution in [0.3, 0.4) is 0 Å². The van der Waals surface area contributed by atoms with Crippen LogP contribution >= 0.6 is 11.9 Å². The molecule has 1 saturated heterocycles. The maximum Gasteiger partial charge on any atom is 0.185 e. The Morgan fingerprint density at radius 3 is 2.31 bits per heavy atom. The lowest BCUT2D eigenvalue weighted by Gasteiger charge is -2.34. The van der Waals surface area contributed by atoms with Gasteiger partial charge in [-0.05, 0) is 43.1 Å². The van der Waals surface area contributed by atoms with Gasteiger partial charge in [-0.1, -0.05) is 48.0 Å². The fourth-order valence-corrected chi connectivity index (χ4v) is 4.37. The van der Waals surface area contributed by atoms with Crippen molar-refractivity contribution < 1.29 is 0 Å². The minimum atomic E-state index is 0.765. The average Bonchev–Trinajstić information content (AvgIpc) is 3.20. The molecule has 1 aliphatic rings. The van der Waals surface area contributed by atoms with Crippen molar-refractivity contribution in [1.82, 2.24) is 24.1 Å². The van der Waals surface area contributed by atoms with Crippen LogP contribution in [-0.4, -0.2) is 50.3 Å². The largest absolute Gasteiger partial charge is 0.353 e. The fraction of sp³-hybridized carbons (Fsp3) is 0.227. The molecule has 4 aromatic rings. The monoisotopic (exact) mass is 402 g/mol. The Kier molecular flexibility index (Phi) is 4.91. The van der Waals surface area contributed by atoms with Crippen LogP contribution in [0.4, 0.5) is 5.82 Å². The summed E-state index contributed by atoms with van der Waals surface area (Å²) >= 11 is 1.84. The summed E-state index contributed by atoms with van der Waals surface area (Å²) in [4.78, 5) is 3.63. The van der Waals surface area contributed by atoms with E-state index in [1.807, 2.05) is 58.9 Å². The molecule has 3 heterocycles. The highest BCUT2D eigenvalue weighted by atomic mass is 32.2. The number of hydrogen-bond donors (Lipinski definition) is 0. The second-order valence-corrected chi connectivity index (χ2v) is 8.34. The Morgan fingerprint density at radius 2 is 1.55 bits per heavy atom. The van der Waals surface area contributed by atoms with Crippen LogP contribution in [0.15, 0.2) is 71.6 Å². The van der Waals surface area contributed by atoms with E-state index < -0.39 is 0 Å². The van der Waals surface area contributed by atoms with Gasteiger partial charge in [-0.2, -0.15) is 4.52 Å². The van der Waals surface area contributed by atoms with Crippen LogP contribution in [-0.2, 0) is 0 Å². The molecular weight excluding hydrogens is 380 g/mol. The third-order valence-corrected chi connectivity index (χ3v) is 6.21. The van der Waals surface area contributed by atoms with Gasteiger partial charge < -0.3 is 4.90 Å². The molecule has 0 N–H and O–H groups in total. The van der Waals surface area contributed by atoms with Crippen molar-refractivity contribution in [2.75, 3.05) is 31.1 Å². The fourth-order valence-electron chi connectivity index (χ4n) is 3.47. The van der Waals surface area contributed by atoms with Crippen molar-refractivity contribution in [3.63, 3.8) is 0 Å². The number of rotatable bonds is 4. The summed E-state index contributed by atoms with van der Waals surface area (Å²) in [7, 11) is 0. The molecule has 0 saturated carbocycles. The predicted octanol–water partition coefficient (Wildman–Crippen LogP) is 3.93. The lowest BCUT2D eigenvalue weighted by molar-refractivity contribution is 0.427. The molecule has 0 unspecified atom stereocenters. The number of hydrogen-bond acceptors (Lipinski definition) is 6. The van der Waals surface area contributed by atoms with E-state index in [9.17, 15) is 0 Å². The van der Waals surface area contributed by atoms with Gasteiger partial charge in [0.15, 0.2) is 11.5 Å². The normalized spacial score (nSPS) is 15.1. The topological polar surface area (TPSA) is 49.6 Å². The van der Waals surface area contributed by atoms with Gasteiger partial charge in [0.05, 0.1) is 0 Å². The Balaban J connectivity index is 1.31. The van der Waals surface area contributed by atoms with Crippen molar-refractivity contribution in [1.29, 1.82) is 0 Å². The smallest absolute Gasteiger partial charge is 0.185 e. The molecule has 2 aromatic heterocycles. The highest BCUT2D eigenvalue weighted by Crippen LogP contribution is 2.26. The Bertz CT molecular complexity index is 1100. The minimum absolute atomic E-state index is 0.765. The Labute approximate surface area is 174 Å². The van der Waals surface area contributed by atoms with Gasteiger partial charge in [-0.3, -0.25) is 0 Å². The van der Waals surface area contributed by atoms with Gasteiger partial charge in [0.1, 0.15) is 5.82 Å². The maximum absolute atomic E-state index is 4.85. The molecule has 0 radical (unpaired) electrons. The first-order valence-electron chi connectivity index (χ1n) is 9.79. The van der Waals surface area contributed by atoms with Gasteiger partial charge >= 0.3 is 0 Å². The van der Waals surface area contributed by atoms with E-state index in [1.54, 1.807) is 0 Å². The van der Waals surface area contributed by atoms with E-state index in [2.05, 4.69) is 50.6 Å². The first kappa shape index (κ1) is 18.1. The van der Waals surface area contributed by atoms with E-state index in [0.29, 0.717) is 0 Å². The van der Waals surface area contributed by atoms with Crippen LogP contribution < -0.4 is 4.90 Å². The minimum Gasteiger partial charge on any atom is -0.353 e. The Morgan fingerprint density at radius 1 is 0.793 bits per heavy atom. The first-order valence-corrected chi connectivity index (χ1v) is 10.6. The highest BCUT2D eigenvalue weighted by molar-refractivity contribution is 7.97. The zero-order valence-corrected chi connectivity index (χ0v) is 17.1. The lowest BCUT2D eigenvalue weighted by atomic mass is 10.2. The van der Waals surface area contributed by atoms with Crippen molar-refractivity contribution in [2.24, 2.45) is 0 Å². The summed E-state index contributed by atoms with van der Waals surface area (Å²) in [5.74, 6) is 1.74. The van der Waals surface area contributed by atoms with Crippen LogP contribution in [0.2, 0.25) is 0 Å². The summed E-state index contributed by atoms with van der Waals surface area (Å²) in [6.45, 7) is 5.99. The molecule has 2 aromatic carbocycles. The molecule has 7 heteroatoms. The van der Waals surface area contributed by atoms with Crippen molar-refractivity contribution in [3.05, 3.63) is 72.3 Å². The highest BCUT2D eigenvalue weighted by Gasteiger charge is 2.20. The number of benzene rings is 2. The summed E-state index contributed by atoms with van der Waals surface area (Å²) < 4.78 is 4.27. The second kappa shape index (κ2) is 7.85. The first-order chi connectivity index (χ1) is 14.3. The van der Waals surface area contributed by atoms with Crippen molar-refractivity contribution >= 4 is 23.4 Å². The number of nitrogens with zero attached hydrogens (tertiary/aromatic N) is 6. The van der Waals surface area contributed by atoms with E-state index >= 15 is 0 Å². The third kappa shape index (κ3) is 3.83. The quantitative estimate of drug-likeness (QED) is 0.482. The summed E-state index contributed by atoms with van der Waals surface area (Å²) in [6.07, 6.45) is 0. The molecule has 0 atom stereocenters.